The smallest absolute Gasteiger partial charge is 0.227 e. The summed E-state index contributed by atoms with van der Waals surface area (Å²) in [6.45, 7) is 3.29. The number of hydrogen-bond acceptors (Lipinski definition) is 3. The first-order valence-corrected chi connectivity index (χ1v) is 8.19. The molecule has 2 heterocycles. The van der Waals surface area contributed by atoms with Crippen molar-refractivity contribution in [3.63, 3.8) is 0 Å². The number of amides is 1. The number of piperidine rings is 1. The van der Waals surface area contributed by atoms with Crippen LogP contribution in [0, 0.1) is 5.92 Å². The lowest BCUT2D eigenvalue weighted by molar-refractivity contribution is -0.132. The normalized spacial score (nSPS) is 17.4. The van der Waals surface area contributed by atoms with Crippen molar-refractivity contribution in [2.45, 2.75) is 32.3 Å². The van der Waals surface area contributed by atoms with E-state index < -0.39 is 0 Å². The van der Waals surface area contributed by atoms with Gasteiger partial charge in [0, 0.05) is 30.2 Å². The zero-order valence-electron chi connectivity index (χ0n) is 13.7. The Kier molecular flexibility index (Phi) is 4.57. The molecule has 0 saturated carbocycles. The highest BCUT2D eigenvalue weighted by molar-refractivity contribution is 5.93. The van der Waals surface area contributed by atoms with Gasteiger partial charge in [-0.1, -0.05) is 6.07 Å². The second-order valence-electron chi connectivity index (χ2n) is 6.33. The van der Waals surface area contributed by atoms with Crippen molar-refractivity contribution in [1.29, 1.82) is 0 Å². The predicted octanol–water partition coefficient (Wildman–Crippen LogP) is 2.34. The SMILES string of the molecule is COc1cccc2[nH]cc(CC(=O)N3CCC(C(C)O)CC3)c12. The van der Waals surface area contributed by atoms with Crippen molar-refractivity contribution in [1.82, 2.24) is 9.88 Å². The minimum atomic E-state index is -0.287. The summed E-state index contributed by atoms with van der Waals surface area (Å²) in [5.74, 6) is 1.24. The molecule has 1 atom stereocenters. The van der Waals surface area contributed by atoms with Gasteiger partial charge in [0.2, 0.25) is 5.91 Å². The number of aliphatic hydroxyl groups excluding tert-OH is 1. The maximum absolute atomic E-state index is 12.6. The molecule has 2 aromatic rings. The molecule has 0 bridgehead atoms. The summed E-state index contributed by atoms with van der Waals surface area (Å²) in [5.41, 5.74) is 1.96. The number of aromatic amines is 1. The van der Waals surface area contributed by atoms with Gasteiger partial charge in [-0.05, 0) is 43.4 Å². The number of nitrogens with zero attached hydrogens (tertiary/aromatic N) is 1. The third-order valence-electron chi connectivity index (χ3n) is 4.89. The standard InChI is InChI=1S/C18H24N2O3/c1-12(21)13-6-8-20(9-7-13)17(22)10-14-11-19-15-4-3-5-16(23-2)18(14)15/h3-5,11-13,19,21H,6-10H2,1-2H3. The van der Waals surface area contributed by atoms with Crippen molar-refractivity contribution in [2.75, 3.05) is 20.2 Å². The number of rotatable bonds is 4. The van der Waals surface area contributed by atoms with Gasteiger partial charge in [0.15, 0.2) is 0 Å². The molecular weight excluding hydrogens is 292 g/mol. The highest BCUT2D eigenvalue weighted by Gasteiger charge is 2.26. The highest BCUT2D eigenvalue weighted by Crippen LogP contribution is 2.29. The third kappa shape index (κ3) is 3.20. The molecular formula is C18H24N2O3. The Bertz CT molecular complexity index is 685. The molecule has 1 amide bonds. The van der Waals surface area contributed by atoms with Crippen molar-refractivity contribution >= 4 is 16.8 Å². The minimum absolute atomic E-state index is 0.140. The Balaban J connectivity index is 1.72. The molecule has 2 N–H and O–H groups in total. The summed E-state index contributed by atoms with van der Waals surface area (Å²) in [4.78, 5) is 17.7. The fraction of sp³-hybridized carbons (Fsp3) is 0.500. The number of benzene rings is 1. The fourth-order valence-corrected chi connectivity index (χ4v) is 3.44. The molecule has 1 fully saturated rings. The average Bonchev–Trinajstić information content (AvgIpc) is 2.98. The molecule has 1 aromatic heterocycles. The van der Waals surface area contributed by atoms with E-state index in [4.69, 9.17) is 4.74 Å². The van der Waals surface area contributed by atoms with Gasteiger partial charge in [0.25, 0.3) is 0 Å². The fourth-order valence-electron chi connectivity index (χ4n) is 3.44. The molecule has 5 nitrogen and oxygen atoms in total. The summed E-state index contributed by atoms with van der Waals surface area (Å²) in [5, 5.41) is 10.7. The lowest BCUT2D eigenvalue weighted by Gasteiger charge is -2.33. The molecule has 3 rings (SSSR count). The average molecular weight is 316 g/mol. The van der Waals surface area contributed by atoms with Crippen LogP contribution in [-0.2, 0) is 11.2 Å². The maximum atomic E-state index is 12.6. The van der Waals surface area contributed by atoms with Gasteiger partial charge < -0.3 is 19.7 Å². The van der Waals surface area contributed by atoms with Crippen molar-refractivity contribution < 1.29 is 14.6 Å². The van der Waals surface area contributed by atoms with E-state index in [0.29, 0.717) is 12.3 Å². The summed E-state index contributed by atoms with van der Waals surface area (Å²) in [6.07, 6.45) is 3.74. The molecule has 1 aliphatic rings. The lowest BCUT2D eigenvalue weighted by Crippen LogP contribution is -2.41. The van der Waals surface area contributed by atoms with E-state index in [0.717, 1.165) is 48.1 Å². The van der Waals surface area contributed by atoms with Gasteiger partial charge in [0.05, 0.1) is 19.6 Å². The second-order valence-corrected chi connectivity index (χ2v) is 6.33. The van der Waals surface area contributed by atoms with E-state index >= 15 is 0 Å². The molecule has 0 radical (unpaired) electrons. The second kappa shape index (κ2) is 6.62. The molecule has 1 aliphatic heterocycles. The number of ether oxygens (including phenoxy) is 1. The van der Waals surface area contributed by atoms with E-state index in [-0.39, 0.29) is 12.0 Å². The van der Waals surface area contributed by atoms with E-state index in [2.05, 4.69) is 4.98 Å². The van der Waals surface area contributed by atoms with Crippen LogP contribution in [-0.4, -0.2) is 47.2 Å². The number of hydrogen-bond donors (Lipinski definition) is 2. The van der Waals surface area contributed by atoms with Crippen LogP contribution in [0.4, 0.5) is 0 Å². The molecule has 23 heavy (non-hydrogen) atoms. The maximum Gasteiger partial charge on any atom is 0.227 e. The first-order chi connectivity index (χ1) is 11.1. The van der Waals surface area contributed by atoms with Crippen molar-refractivity contribution in [3.05, 3.63) is 30.0 Å². The van der Waals surface area contributed by atoms with Gasteiger partial charge >= 0.3 is 0 Å². The predicted molar refractivity (Wildman–Crippen MR) is 89.5 cm³/mol. The first-order valence-electron chi connectivity index (χ1n) is 8.19. The van der Waals surface area contributed by atoms with Gasteiger partial charge in [-0.25, -0.2) is 0 Å². The molecule has 5 heteroatoms. The number of carbonyl (C=O) groups is 1. The summed E-state index contributed by atoms with van der Waals surface area (Å²) in [7, 11) is 1.65. The number of nitrogens with one attached hydrogen (secondary N) is 1. The number of likely N-dealkylation sites (tertiary alicyclic amines) is 1. The largest absolute Gasteiger partial charge is 0.496 e. The van der Waals surface area contributed by atoms with E-state index in [1.807, 2.05) is 36.2 Å². The third-order valence-corrected chi connectivity index (χ3v) is 4.89. The monoisotopic (exact) mass is 316 g/mol. The van der Waals surface area contributed by atoms with E-state index in [1.54, 1.807) is 7.11 Å². The van der Waals surface area contributed by atoms with Crippen LogP contribution in [0.1, 0.15) is 25.3 Å². The number of aromatic nitrogens is 1. The van der Waals surface area contributed by atoms with Crippen LogP contribution in [0.5, 0.6) is 5.75 Å². The Morgan fingerprint density at radius 3 is 2.83 bits per heavy atom. The zero-order chi connectivity index (χ0) is 16.4. The Labute approximate surface area is 136 Å². The molecule has 1 unspecified atom stereocenters. The Morgan fingerprint density at radius 1 is 1.43 bits per heavy atom. The molecule has 0 aliphatic carbocycles. The molecule has 0 spiro atoms. The van der Waals surface area contributed by atoms with Crippen LogP contribution in [0.3, 0.4) is 0 Å². The molecule has 124 valence electrons. The van der Waals surface area contributed by atoms with Crippen molar-refractivity contribution in [3.8, 4) is 5.75 Å². The summed E-state index contributed by atoms with van der Waals surface area (Å²) in [6, 6.07) is 5.84. The molecule has 1 aromatic carbocycles. The van der Waals surface area contributed by atoms with E-state index in [9.17, 15) is 9.90 Å². The van der Waals surface area contributed by atoms with E-state index in [1.165, 1.54) is 0 Å². The number of fused-ring (bicyclic) bond motifs is 1. The quantitative estimate of drug-likeness (QED) is 0.910. The van der Waals surface area contributed by atoms with Crippen LogP contribution >= 0.6 is 0 Å². The van der Waals surface area contributed by atoms with Crippen molar-refractivity contribution in [2.24, 2.45) is 5.92 Å². The number of H-pyrrole nitrogens is 1. The van der Waals surface area contributed by atoms with Crippen LogP contribution in [0.15, 0.2) is 24.4 Å². The minimum Gasteiger partial charge on any atom is -0.496 e. The highest BCUT2D eigenvalue weighted by atomic mass is 16.5. The van der Waals surface area contributed by atoms with Crippen LogP contribution < -0.4 is 4.74 Å². The molecule has 1 saturated heterocycles. The Morgan fingerprint density at radius 2 is 2.17 bits per heavy atom. The van der Waals surface area contributed by atoms with Gasteiger partial charge in [0.1, 0.15) is 5.75 Å². The van der Waals surface area contributed by atoms with Crippen LogP contribution in [0.25, 0.3) is 10.9 Å². The number of aliphatic hydroxyl groups is 1. The topological polar surface area (TPSA) is 65.6 Å². The number of methoxy groups -OCH3 is 1. The van der Waals surface area contributed by atoms with Gasteiger partial charge in [-0.2, -0.15) is 0 Å². The van der Waals surface area contributed by atoms with Gasteiger partial charge in [-0.15, -0.1) is 0 Å². The first kappa shape index (κ1) is 15.9. The Hall–Kier alpha value is -2.01. The van der Waals surface area contributed by atoms with Gasteiger partial charge in [-0.3, -0.25) is 4.79 Å². The van der Waals surface area contributed by atoms with Crippen LogP contribution in [0.2, 0.25) is 0 Å². The lowest BCUT2D eigenvalue weighted by atomic mass is 9.92. The zero-order valence-corrected chi connectivity index (χ0v) is 13.7. The summed E-state index contributed by atoms with van der Waals surface area (Å²) < 4.78 is 5.42. The number of carbonyl (C=O) groups excluding carboxylic acids is 1. The summed E-state index contributed by atoms with van der Waals surface area (Å²) >= 11 is 0.